The van der Waals surface area contributed by atoms with Crippen LogP contribution in [0.4, 0.5) is 0 Å². The Bertz CT molecular complexity index is 575. The lowest BCUT2D eigenvalue weighted by Gasteiger charge is -2.41. The zero-order valence-electron chi connectivity index (χ0n) is 11.8. The van der Waals surface area contributed by atoms with Gasteiger partial charge >= 0.3 is 0 Å². The third kappa shape index (κ3) is 3.41. The highest BCUT2D eigenvalue weighted by atomic mass is 35.5. The highest BCUT2D eigenvalue weighted by Gasteiger charge is 2.40. The minimum atomic E-state index is -0.879. The Labute approximate surface area is 133 Å². The predicted molar refractivity (Wildman–Crippen MR) is 80.8 cm³/mol. The topological polar surface area (TPSA) is 58.6 Å². The smallest absolute Gasteiger partial charge is 0.261 e. The van der Waals surface area contributed by atoms with Crippen molar-refractivity contribution in [3.63, 3.8) is 0 Å². The first kappa shape index (κ1) is 15.9. The second kappa shape index (κ2) is 6.12. The predicted octanol–water partition coefficient (Wildman–Crippen LogP) is 2.11. The largest absolute Gasteiger partial charge is 0.484 e. The van der Waals surface area contributed by atoms with Gasteiger partial charge in [-0.05, 0) is 26.0 Å². The maximum Gasteiger partial charge on any atom is 0.261 e. The number of hydrogen-bond acceptors (Lipinski definition) is 3. The molecule has 7 heteroatoms. The van der Waals surface area contributed by atoms with Crippen molar-refractivity contribution in [1.29, 1.82) is 0 Å². The standard InChI is InChI=1S/C14H16Cl2N2O3/c1-14(2)13(20)17-5-6-18(14)12(19)8-21-9-3-4-10(15)11(16)7-9/h3-4,7H,5-6,8H2,1-2H3,(H,17,20). The van der Waals surface area contributed by atoms with Gasteiger partial charge in [-0.2, -0.15) is 0 Å². The number of halogens is 2. The van der Waals surface area contributed by atoms with Crippen molar-refractivity contribution < 1.29 is 14.3 Å². The van der Waals surface area contributed by atoms with E-state index in [-0.39, 0.29) is 18.4 Å². The van der Waals surface area contributed by atoms with E-state index >= 15 is 0 Å². The summed E-state index contributed by atoms with van der Waals surface area (Å²) in [5.41, 5.74) is -0.879. The van der Waals surface area contributed by atoms with E-state index in [0.29, 0.717) is 28.9 Å². The Morgan fingerprint density at radius 3 is 2.76 bits per heavy atom. The molecule has 1 N–H and O–H groups in total. The van der Waals surface area contributed by atoms with E-state index in [4.69, 9.17) is 27.9 Å². The third-order valence-electron chi connectivity index (χ3n) is 3.41. The van der Waals surface area contributed by atoms with Crippen molar-refractivity contribution in [2.45, 2.75) is 19.4 Å². The van der Waals surface area contributed by atoms with Gasteiger partial charge in [0.05, 0.1) is 10.0 Å². The molecular weight excluding hydrogens is 315 g/mol. The van der Waals surface area contributed by atoms with Gasteiger partial charge in [0.2, 0.25) is 5.91 Å². The summed E-state index contributed by atoms with van der Waals surface area (Å²) < 4.78 is 5.42. The first-order valence-corrected chi connectivity index (χ1v) is 7.24. The molecule has 0 spiro atoms. The number of rotatable bonds is 3. The molecule has 1 aliphatic heterocycles. The fourth-order valence-corrected chi connectivity index (χ4v) is 2.41. The third-order valence-corrected chi connectivity index (χ3v) is 4.14. The summed E-state index contributed by atoms with van der Waals surface area (Å²) in [6.07, 6.45) is 0. The second-order valence-corrected chi connectivity index (χ2v) is 6.04. The average Bonchev–Trinajstić information content (AvgIpc) is 2.43. The normalized spacial score (nSPS) is 17.3. The van der Waals surface area contributed by atoms with E-state index in [9.17, 15) is 9.59 Å². The molecule has 1 fully saturated rings. The number of ether oxygens (including phenoxy) is 1. The van der Waals surface area contributed by atoms with Crippen LogP contribution in [0.5, 0.6) is 5.75 Å². The fraction of sp³-hybridized carbons (Fsp3) is 0.429. The summed E-state index contributed by atoms with van der Waals surface area (Å²) in [7, 11) is 0. The zero-order chi connectivity index (χ0) is 15.6. The van der Waals surface area contributed by atoms with Gasteiger partial charge in [-0.3, -0.25) is 9.59 Å². The van der Waals surface area contributed by atoms with Crippen LogP contribution in [0.3, 0.4) is 0 Å². The van der Waals surface area contributed by atoms with Crippen molar-refractivity contribution in [2.24, 2.45) is 0 Å². The van der Waals surface area contributed by atoms with Gasteiger partial charge in [0.25, 0.3) is 5.91 Å². The van der Waals surface area contributed by atoms with Crippen LogP contribution >= 0.6 is 23.2 Å². The van der Waals surface area contributed by atoms with Gasteiger partial charge in [0, 0.05) is 19.2 Å². The van der Waals surface area contributed by atoms with Gasteiger partial charge in [0.15, 0.2) is 6.61 Å². The summed E-state index contributed by atoms with van der Waals surface area (Å²) in [5.74, 6) is 0.0366. The summed E-state index contributed by atoms with van der Waals surface area (Å²) >= 11 is 11.7. The Morgan fingerprint density at radius 2 is 2.10 bits per heavy atom. The molecule has 0 atom stereocenters. The molecule has 0 aromatic heterocycles. The number of piperazine rings is 1. The highest BCUT2D eigenvalue weighted by molar-refractivity contribution is 6.42. The molecule has 1 saturated heterocycles. The average molecular weight is 331 g/mol. The number of carbonyl (C=O) groups is 2. The lowest BCUT2D eigenvalue weighted by Crippen LogP contribution is -2.64. The quantitative estimate of drug-likeness (QED) is 0.923. The van der Waals surface area contributed by atoms with Gasteiger partial charge in [-0.15, -0.1) is 0 Å². The molecule has 0 saturated carbocycles. The van der Waals surface area contributed by atoms with E-state index in [1.54, 1.807) is 32.0 Å². The second-order valence-electron chi connectivity index (χ2n) is 5.22. The molecule has 114 valence electrons. The maximum absolute atomic E-state index is 12.2. The van der Waals surface area contributed by atoms with Crippen LogP contribution in [-0.4, -0.2) is 41.9 Å². The molecule has 1 aliphatic rings. The van der Waals surface area contributed by atoms with Gasteiger partial charge in [-0.1, -0.05) is 23.2 Å². The summed E-state index contributed by atoms with van der Waals surface area (Å²) in [6.45, 7) is 4.16. The molecule has 1 aromatic carbocycles. The molecule has 0 bridgehead atoms. The van der Waals surface area contributed by atoms with Crippen molar-refractivity contribution >= 4 is 35.0 Å². The number of benzene rings is 1. The molecule has 2 rings (SSSR count). The molecule has 2 amide bonds. The molecular formula is C14H16Cl2N2O3. The van der Waals surface area contributed by atoms with E-state index in [0.717, 1.165) is 0 Å². The van der Waals surface area contributed by atoms with Crippen molar-refractivity contribution in [3.05, 3.63) is 28.2 Å². The minimum absolute atomic E-state index is 0.158. The molecule has 5 nitrogen and oxygen atoms in total. The number of nitrogens with one attached hydrogen (secondary N) is 1. The van der Waals surface area contributed by atoms with Crippen LogP contribution in [0, 0.1) is 0 Å². The number of carbonyl (C=O) groups excluding carboxylic acids is 2. The number of hydrogen-bond donors (Lipinski definition) is 1. The molecule has 0 aliphatic carbocycles. The van der Waals surface area contributed by atoms with Crippen LogP contribution < -0.4 is 10.1 Å². The minimum Gasteiger partial charge on any atom is -0.484 e. The van der Waals surface area contributed by atoms with Crippen LogP contribution in [0.2, 0.25) is 10.0 Å². The SMILES string of the molecule is CC1(C)C(=O)NCCN1C(=O)COc1ccc(Cl)c(Cl)c1. The molecule has 21 heavy (non-hydrogen) atoms. The summed E-state index contributed by atoms with van der Waals surface area (Å²) in [4.78, 5) is 25.6. The maximum atomic E-state index is 12.2. The zero-order valence-corrected chi connectivity index (χ0v) is 13.3. The van der Waals surface area contributed by atoms with Crippen molar-refractivity contribution in [3.8, 4) is 5.75 Å². The molecule has 0 unspecified atom stereocenters. The highest BCUT2D eigenvalue weighted by Crippen LogP contribution is 2.26. The van der Waals surface area contributed by atoms with Crippen LogP contribution in [0.1, 0.15) is 13.8 Å². The summed E-state index contributed by atoms with van der Waals surface area (Å²) in [6, 6.07) is 4.78. The van der Waals surface area contributed by atoms with Crippen molar-refractivity contribution in [2.75, 3.05) is 19.7 Å². The van der Waals surface area contributed by atoms with E-state index < -0.39 is 5.54 Å². The van der Waals surface area contributed by atoms with Crippen LogP contribution in [0.25, 0.3) is 0 Å². The Morgan fingerprint density at radius 1 is 1.38 bits per heavy atom. The lowest BCUT2D eigenvalue weighted by molar-refractivity contribution is -0.150. The fourth-order valence-electron chi connectivity index (χ4n) is 2.13. The van der Waals surface area contributed by atoms with Crippen LogP contribution in [0.15, 0.2) is 18.2 Å². The summed E-state index contributed by atoms with van der Waals surface area (Å²) in [5, 5.41) is 3.52. The van der Waals surface area contributed by atoms with E-state index in [1.165, 1.54) is 4.90 Å². The molecule has 0 radical (unpaired) electrons. The Balaban J connectivity index is 2.01. The van der Waals surface area contributed by atoms with E-state index in [2.05, 4.69) is 5.32 Å². The molecule has 1 heterocycles. The number of nitrogens with zero attached hydrogens (tertiary/aromatic N) is 1. The van der Waals surface area contributed by atoms with Gasteiger partial charge in [-0.25, -0.2) is 0 Å². The van der Waals surface area contributed by atoms with Crippen LogP contribution in [-0.2, 0) is 9.59 Å². The van der Waals surface area contributed by atoms with Gasteiger partial charge in [0.1, 0.15) is 11.3 Å². The molecule has 1 aromatic rings. The van der Waals surface area contributed by atoms with Gasteiger partial charge < -0.3 is 15.0 Å². The Kier molecular flexibility index (Phi) is 4.64. The number of amides is 2. The lowest BCUT2D eigenvalue weighted by atomic mass is 9.99. The Hall–Kier alpha value is -1.46. The first-order valence-electron chi connectivity index (χ1n) is 6.49. The monoisotopic (exact) mass is 330 g/mol. The van der Waals surface area contributed by atoms with E-state index in [1.807, 2.05) is 0 Å². The van der Waals surface area contributed by atoms with Crippen molar-refractivity contribution in [1.82, 2.24) is 10.2 Å². The first-order chi connectivity index (χ1) is 9.82.